The Morgan fingerprint density at radius 1 is 1.46 bits per heavy atom. The number of carboxylic acids is 1. The van der Waals surface area contributed by atoms with E-state index in [1.54, 1.807) is 14.1 Å². The summed E-state index contributed by atoms with van der Waals surface area (Å²) in [5.74, 6) is -1.23. The van der Waals surface area contributed by atoms with Crippen LogP contribution >= 0.6 is 0 Å². The summed E-state index contributed by atoms with van der Waals surface area (Å²) < 4.78 is 0. The third-order valence-corrected chi connectivity index (χ3v) is 1.84. The molecule has 0 aliphatic carbocycles. The second-order valence-corrected chi connectivity index (χ2v) is 3.25. The molecule has 6 nitrogen and oxygen atoms in total. The van der Waals surface area contributed by atoms with Crippen molar-refractivity contribution in [3.8, 4) is 0 Å². The highest BCUT2D eigenvalue weighted by Gasteiger charge is 2.35. The fraction of sp³-hybridized carbons (Fsp3) is 0.714. The molecular formula is C7H13N3O3. The highest BCUT2D eigenvalue weighted by molar-refractivity contribution is 5.79. The Hall–Kier alpha value is -1.30. The highest BCUT2D eigenvalue weighted by atomic mass is 16.4. The largest absolute Gasteiger partial charge is 0.481 e. The smallest absolute Gasteiger partial charge is 0.331 e. The van der Waals surface area contributed by atoms with Crippen LogP contribution in [0.3, 0.4) is 0 Å². The van der Waals surface area contributed by atoms with Gasteiger partial charge in [0.05, 0.1) is 5.92 Å². The van der Waals surface area contributed by atoms with Gasteiger partial charge in [-0.25, -0.2) is 9.80 Å². The number of hydrazine groups is 1. The molecule has 2 amide bonds. The lowest BCUT2D eigenvalue weighted by Gasteiger charge is -2.37. The zero-order chi connectivity index (χ0) is 10.0. The fourth-order valence-corrected chi connectivity index (χ4v) is 1.06. The van der Waals surface area contributed by atoms with Crippen LogP contribution in [-0.2, 0) is 4.79 Å². The molecule has 0 aromatic rings. The molecule has 1 saturated heterocycles. The number of likely N-dealkylation sites (tertiary alicyclic amines) is 1. The monoisotopic (exact) mass is 187 g/mol. The zero-order valence-corrected chi connectivity index (χ0v) is 7.65. The van der Waals surface area contributed by atoms with E-state index < -0.39 is 11.9 Å². The summed E-state index contributed by atoms with van der Waals surface area (Å²) in [6.45, 7) is 0.601. The van der Waals surface area contributed by atoms with Crippen LogP contribution in [0.5, 0.6) is 0 Å². The Balaban J connectivity index is 2.27. The Bertz CT molecular complexity index is 223. The summed E-state index contributed by atoms with van der Waals surface area (Å²) in [7, 11) is 3.40. The number of urea groups is 1. The standard InChI is InChI=1S/C7H13N3O3/c1-9(2)8-7(13)10-3-5(4-10)6(11)12/h5H,3-4H2,1-2H3,(H,8,13)(H,11,12). The van der Waals surface area contributed by atoms with Crippen molar-refractivity contribution in [2.45, 2.75) is 0 Å². The summed E-state index contributed by atoms with van der Waals surface area (Å²) >= 11 is 0. The lowest BCUT2D eigenvalue weighted by Crippen LogP contribution is -2.58. The SMILES string of the molecule is CN(C)NC(=O)N1CC(C(=O)O)C1. The molecular weight excluding hydrogens is 174 g/mol. The number of aliphatic carboxylic acids is 1. The van der Waals surface area contributed by atoms with Gasteiger partial charge < -0.3 is 10.0 Å². The molecule has 6 heteroatoms. The number of carboxylic acid groups (broad SMARTS) is 1. The molecule has 1 aliphatic rings. The number of amides is 2. The number of nitrogens with zero attached hydrogens (tertiary/aromatic N) is 2. The van der Waals surface area contributed by atoms with Gasteiger partial charge in [-0.2, -0.15) is 0 Å². The van der Waals surface area contributed by atoms with Crippen molar-refractivity contribution < 1.29 is 14.7 Å². The van der Waals surface area contributed by atoms with E-state index in [9.17, 15) is 9.59 Å². The van der Waals surface area contributed by atoms with Gasteiger partial charge in [0.15, 0.2) is 0 Å². The molecule has 0 bridgehead atoms. The van der Waals surface area contributed by atoms with Crippen molar-refractivity contribution in [3.05, 3.63) is 0 Å². The van der Waals surface area contributed by atoms with E-state index in [1.807, 2.05) is 0 Å². The van der Waals surface area contributed by atoms with Crippen molar-refractivity contribution in [2.75, 3.05) is 27.2 Å². The normalized spacial score (nSPS) is 17.0. The van der Waals surface area contributed by atoms with Gasteiger partial charge in [-0.05, 0) is 0 Å². The predicted molar refractivity (Wildman–Crippen MR) is 44.9 cm³/mol. The fourth-order valence-electron chi connectivity index (χ4n) is 1.06. The number of hydrogen-bond donors (Lipinski definition) is 2. The molecule has 74 valence electrons. The van der Waals surface area contributed by atoms with E-state index in [1.165, 1.54) is 9.91 Å². The van der Waals surface area contributed by atoms with E-state index >= 15 is 0 Å². The molecule has 0 aromatic carbocycles. The summed E-state index contributed by atoms with van der Waals surface area (Å²) in [6.07, 6.45) is 0. The summed E-state index contributed by atoms with van der Waals surface area (Å²) in [4.78, 5) is 23.0. The van der Waals surface area contributed by atoms with Crippen molar-refractivity contribution >= 4 is 12.0 Å². The average Bonchev–Trinajstić information content (AvgIpc) is 1.79. The third kappa shape index (κ3) is 2.32. The van der Waals surface area contributed by atoms with Crippen LogP contribution in [0.25, 0.3) is 0 Å². The first-order valence-corrected chi connectivity index (χ1v) is 3.96. The topological polar surface area (TPSA) is 72.9 Å². The highest BCUT2D eigenvalue weighted by Crippen LogP contribution is 2.14. The predicted octanol–water partition coefficient (Wildman–Crippen LogP) is -0.811. The van der Waals surface area contributed by atoms with E-state index in [0.717, 1.165) is 0 Å². The molecule has 1 rings (SSSR count). The van der Waals surface area contributed by atoms with Gasteiger partial charge in [0.25, 0.3) is 0 Å². The Morgan fingerprint density at radius 3 is 2.38 bits per heavy atom. The van der Waals surface area contributed by atoms with Crippen molar-refractivity contribution in [1.82, 2.24) is 15.3 Å². The van der Waals surface area contributed by atoms with Crippen LogP contribution in [0.4, 0.5) is 4.79 Å². The summed E-state index contributed by atoms with van der Waals surface area (Å²) in [5.41, 5.74) is 2.53. The van der Waals surface area contributed by atoms with Gasteiger partial charge in [0.2, 0.25) is 0 Å². The van der Waals surface area contributed by atoms with Crippen LogP contribution in [0.2, 0.25) is 0 Å². The lowest BCUT2D eigenvalue weighted by atomic mass is 10.0. The first-order valence-electron chi connectivity index (χ1n) is 3.96. The Kier molecular flexibility index (Phi) is 2.72. The molecule has 2 N–H and O–H groups in total. The molecule has 13 heavy (non-hydrogen) atoms. The minimum Gasteiger partial charge on any atom is -0.481 e. The maximum absolute atomic E-state index is 11.2. The van der Waals surface area contributed by atoms with Crippen LogP contribution in [0.1, 0.15) is 0 Å². The second-order valence-electron chi connectivity index (χ2n) is 3.25. The van der Waals surface area contributed by atoms with Gasteiger partial charge in [-0.3, -0.25) is 10.2 Å². The van der Waals surface area contributed by atoms with Crippen LogP contribution in [0.15, 0.2) is 0 Å². The number of nitrogens with one attached hydrogen (secondary N) is 1. The molecule has 0 aromatic heterocycles. The number of carbonyl (C=O) groups is 2. The van der Waals surface area contributed by atoms with E-state index in [2.05, 4.69) is 5.43 Å². The first-order chi connectivity index (χ1) is 6.00. The summed E-state index contributed by atoms with van der Waals surface area (Å²) in [6, 6.07) is -0.248. The van der Waals surface area contributed by atoms with Crippen molar-refractivity contribution in [1.29, 1.82) is 0 Å². The lowest BCUT2D eigenvalue weighted by molar-refractivity contribution is -0.146. The molecule has 0 atom stereocenters. The van der Waals surface area contributed by atoms with Gasteiger partial charge in [0.1, 0.15) is 0 Å². The number of hydrogen-bond acceptors (Lipinski definition) is 3. The molecule has 0 unspecified atom stereocenters. The van der Waals surface area contributed by atoms with Crippen LogP contribution in [-0.4, -0.2) is 54.2 Å². The van der Waals surface area contributed by atoms with E-state index in [0.29, 0.717) is 13.1 Å². The maximum atomic E-state index is 11.2. The summed E-state index contributed by atoms with van der Waals surface area (Å²) in [5, 5.41) is 10.1. The van der Waals surface area contributed by atoms with Gasteiger partial charge >= 0.3 is 12.0 Å². The van der Waals surface area contributed by atoms with E-state index in [-0.39, 0.29) is 6.03 Å². The molecule has 0 radical (unpaired) electrons. The van der Waals surface area contributed by atoms with Crippen molar-refractivity contribution in [3.63, 3.8) is 0 Å². The maximum Gasteiger partial charge on any atom is 0.331 e. The van der Waals surface area contributed by atoms with Crippen LogP contribution in [0, 0.1) is 5.92 Å². The Labute approximate surface area is 76.1 Å². The van der Waals surface area contributed by atoms with Gasteiger partial charge in [-0.1, -0.05) is 0 Å². The minimum absolute atomic E-state index is 0.248. The molecule has 0 spiro atoms. The first kappa shape index (κ1) is 9.79. The quantitative estimate of drug-likeness (QED) is 0.554. The number of rotatable bonds is 2. The molecule has 1 heterocycles. The van der Waals surface area contributed by atoms with Gasteiger partial charge in [0, 0.05) is 27.2 Å². The minimum atomic E-state index is -0.839. The van der Waals surface area contributed by atoms with Crippen molar-refractivity contribution in [2.24, 2.45) is 5.92 Å². The second kappa shape index (κ2) is 3.61. The number of carbonyl (C=O) groups excluding carboxylic acids is 1. The molecule has 0 saturated carbocycles. The van der Waals surface area contributed by atoms with Gasteiger partial charge in [-0.15, -0.1) is 0 Å². The zero-order valence-electron chi connectivity index (χ0n) is 7.65. The molecule has 1 fully saturated rings. The third-order valence-electron chi connectivity index (χ3n) is 1.84. The Morgan fingerprint density at radius 2 is 2.00 bits per heavy atom. The average molecular weight is 187 g/mol. The van der Waals surface area contributed by atoms with Crippen LogP contribution < -0.4 is 5.43 Å². The molecule has 1 aliphatic heterocycles. The van der Waals surface area contributed by atoms with E-state index in [4.69, 9.17) is 5.11 Å².